The predicted octanol–water partition coefficient (Wildman–Crippen LogP) is 3.23. The molecule has 3 rings (SSSR count). The minimum absolute atomic E-state index is 0. The van der Waals surface area contributed by atoms with E-state index in [9.17, 15) is 4.79 Å². The van der Waals surface area contributed by atoms with Crippen LogP contribution in [0.4, 0.5) is 0 Å². The minimum Gasteiger partial charge on any atom is -0.469 e. The fourth-order valence-corrected chi connectivity index (χ4v) is 3.47. The molecule has 6 nitrogen and oxygen atoms in total. The van der Waals surface area contributed by atoms with Gasteiger partial charge in [-0.15, -0.1) is 24.0 Å². The summed E-state index contributed by atoms with van der Waals surface area (Å²) in [5, 5.41) is 3.60. The Morgan fingerprint density at radius 3 is 2.59 bits per heavy atom. The van der Waals surface area contributed by atoms with Gasteiger partial charge in [-0.1, -0.05) is 24.3 Å². The number of carbonyl (C=O) groups excluding carboxylic acids is 1. The van der Waals surface area contributed by atoms with Crippen molar-refractivity contribution in [3.63, 3.8) is 0 Å². The van der Waals surface area contributed by atoms with E-state index in [0.717, 1.165) is 36.5 Å². The molecule has 158 valence electrons. The van der Waals surface area contributed by atoms with Crippen LogP contribution in [-0.4, -0.2) is 55.4 Å². The van der Waals surface area contributed by atoms with Gasteiger partial charge in [0.1, 0.15) is 12.3 Å². The van der Waals surface area contributed by atoms with Crippen molar-refractivity contribution in [1.82, 2.24) is 15.1 Å². The number of aryl methyl sites for hydroxylation is 2. The maximum atomic E-state index is 12.1. The van der Waals surface area contributed by atoms with Gasteiger partial charge in [-0.2, -0.15) is 0 Å². The van der Waals surface area contributed by atoms with Crippen LogP contribution in [-0.2, 0) is 24.2 Å². The molecule has 1 atom stereocenters. The molecule has 1 aromatic heterocycles. The molecule has 0 aliphatic heterocycles. The number of nitrogens with one attached hydrogen (secondary N) is 1. The van der Waals surface area contributed by atoms with Crippen molar-refractivity contribution >= 4 is 35.8 Å². The van der Waals surface area contributed by atoms with E-state index >= 15 is 0 Å². The lowest BCUT2D eigenvalue weighted by atomic mass is 9.88. The first-order chi connectivity index (χ1) is 13.4. The number of furan rings is 1. The Bertz CT molecular complexity index is 847. The van der Waals surface area contributed by atoms with E-state index in [4.69, 9.17) is 4.42 Å². The number of likely N-dealkylation sites (N-methyl/N-ethyl adjacent to an activating group) is 1. The van der Waals surface area contributed by atoms with Gasteiger partial charge in [-0.05, 0) is 43.4 Å². The number of hydrogen-bond donors (Lipinski definition) is 1. The summed E-state index contributed by atoms with van der Waals surface area (Å²) in [4.78, 5) is 20.3. The molecule has 0 saturated carbocycles. The number of carbonyl (C=O) groups is 1. The standard InChI is InChI=1S/C22H30N4O2.HI/c1-16-19(11-12-28-16)15-26(4)22(23-14-21(27)25(2)3)24-20-10-9-17-7-5-6-8-18(17)13-20;/h5-8,11-12,20H,9-10,13-15H2,1-4H3,(H,23,24);1H. The lowest BCUT2D eigenvalue weighted by Crippen LogP contribution is -2.46. The van der Waals surface area contributed by atoms with Crippen molar-refractivity contribution in [2.75, 3.05) is 27.7 Å². The van der Waals surface area contributed by atoms with E-state index in [1.54, 1.807) is 25.3 Å². The number of aliphatic imine (C=N–C) groups is 1. The van der Waals surface area contributed by atoms with Crippen LogP contribution in [0, 0.1) is 6.92 Å². The Morgan fingerprint density at radius 2 is 1.93 bits per heavy atom. The molecule has 29 heavy (non-hydrogen) atoms. The number of guanidine groups is 1. The van der Waals surface area contributed by atoms with E-state index in [2.05, 4.69) is 39.5 Å². The highest BCUT2D eigenvalue weighted by molar-refractivity contribution is 14.0. The number of amides is 1. The fourth-order valence-electron chi connectivity index (χ4n) is 3.47. The zero-order valence-electron chi connectivity index (χ0n) is 17.6. The molecule has 0 radical (unpaired) electrons. The summed E-state index contributed by atoms with van der Waals surface area (Å²) >= 11 is 0. The normalized spacial score (nSPS) is 15.9. The highest BCUT2D eigenvalue weighted by Crippen LogP contribution is 2.21. The average Bonchev–Trinajstić information content (AvgIpc) is 3.09. The molecule has 1 N–H and O–H groups in total. The summed E-state index contributed by atoms with van der Waals surface area (Å²) in [7, 11) is 5.50. The highest BCUT2D eigenvalue weighted by Gasteiger charge is 2.21. The van der Waals surface area contributed by atoms with Crippen LogP contribution in [0.2, 0.25) is 0 Å². The summed E-state index contributed by atoms with van der Waals surface area (Å²) < 4.78 is 5.42. The van der Waals surface area contributed by atoms with Crippen LogP contribution >= 0.6 is 24.0 Å². The van der Waals surface area contributed by atoms with Gasteiger partial charge in [0.2, 0.25) is 5.91 Å². The van der Waals surface area contributed by atoms with Gasteiger partial charge in [0.05, 0.1) is 6.26 Å². The van der Waals surface area contributed by atoms with E-state index in [-0.39, 0.29) is 36.4 Å². The first-order valence-corrected chi connectivity index (χ1v) is 9.76. The fraction of sp³-hybridized carbons (Fsp3) is 0.455. The van der Waals surface area contributed by atoms with Crippen LogP contribution in [0.15, 0.2) is 46.0 Å². The third-order valence-corrected chi connectivity index (χ3v) is 5.28. The summed E-state index contributed by atoms with van der Waals surface area (Å²) in [6.45, 7) is 2.77. The highest BCUT2D eigenvalue weighted by atomic mass is 127. The second kappa shape index (κ2) is 10.7. The lowest BCUT2D eigenvalue weighted by molar-refractivity contribution is -0.127. The molecule has 0 saturated heterocycles. The second-order valence-electron chi connectivity index (χ2n) is 7.64. The molecule has 0 bridgehead atoms. The Kier molecular flexibility index (Phi) is 8.55. The van der Waals surface area contributed by atoms with Crippen LogP contribution in [0.5, 0.6) is 0 Å². The number of hydrogen-bond acceptors (Lipinski definition) is 3. The summed E-state index contributed by atoms with van der Waals surface area (Å²) in [5.41, 5.74) is 3.94. The number of nitrogens with zero attached hydrogens (tertiary/aromatic N) is 3. The third-order valence-electron chi connectivity index (χ3n) is 5.28. The van der Waals surface area contributed by atoms with Gasteiger partial charge in [0.25, 0.3) is 0 Å². The van der Waals surface area contributed by atoms with Crippen LogP contribution in [0.25, 0.3) is 0 Å². The van der Waals surface area contributed by atoms with Gasteiger partial charge < -0.3 is 19.5 Å². The zero-order chi connectivity index (χ0) is 20.1. The topological polar surface area (TPSA) is 61.1 Å². The van der Waals surface area contributed by atoms with Crippen molar-refractivity contribution in [2.24, 2.45) is 4.99 Å². The maximum absolute atomic E-state index is 12.1. The smallest absolute Gasteiger partial charge is 0.243 e. The van der Waals surface area contributed by atoms with E-state index in [1.807, 2.05) is 20.0 Å². The molecular formula is C22H31IN4O2. The van der Waals surface area contributed by atoms with E-state index in [0.29, 0.717) is 12.6 Å². The molecule has 0 spiro atoms. The largest absolute Gasteiger partial charge is 0.469 e. The molecule has 1 aromatic carbocycles. The number of rotatable bonds is 5. The Balaban J connectivity index is 0.00000300. The van der Waals surface area contributed by atoms with Crippen molar-refractivity contribution in [3.05, 3.63) is 59.0 Å². The van der Waals surface area contributed by atoms with Gasteiger partial charge >= 0.3 is 0 Å². The summed E-state index contributed by atoms with van der Waals surface area (Å²) in [6, 6.07) is 10.9. The zero-order valence-corrected chi connectivity index (χ0v) is 20.0. The molecule has 1 aliphatic rings. The van der Waals surface area contributed by atoms with Crippen molar-refractivity contribution in [2.45, 2.75) is 38.8 Å². The van der Waals surface area contributed by atoms with Gasteiger partial charge in [-0.3, -0.25) is 4.79 Å². The Hall–Kier alpha value is -2.03. The Morgan fingerprint density at radius 1 is 1.21 bits per heavy atom. The molecule has 1 amide bonds. The minimum atomic E-state index is -0.0128. The molecule has 7 heteroatoms. The molecular weight excluding hydrogens is 479 g/mol. The molecule has 1 unspecified atom stereocenters. The molecule has 1 heterocycles. The predicted molar refractivity (Wildman–Crippen MR) is 127 cm³/mol. The number of fused-ring (bicyclic) bond motifs is 1. The SMILES string of the molecule is Cc1occc1CN(C)C(=NCC(=O)N(C)C)NC1CCc2ccccc2C1.I. The van der Waals surface area contributed by atoms with Crippen LogP contribution < -0.4 is 5.32 Å². The summed E-state index contributed by atoms with van der Waals surface area (Å²) in [5.74, 6) is 1.64. The first-order valence-electron chi connectivity index (χ1n) is 9.76. The van der Waals surface area contributed by atoms with E-state index in [1.165, 1.54) is 11.1 Å². The monoisotopic (exact) mass is 510 g/mol. The van der Waals surface area contributed by atoms with Gasteiger partial charge in [0, 0.05) is 39.3 Å². The first kappa shape index (κ1) is 23.3. The second-order valence-corrected chi connectivity index (χ2v) is 7.64. The van der Waals surface area contributed by atoms with Crippen molar-refractivity contribution in [3.8, 4) is 0 Å². The molecule has 1 aliphatic carbocycles. The van der Waals surface area contributed by atoms with E-state index < -0.39 is 0 Å². The quantitative estimate of drug-likeness (QED) is 0.381. The average molecular weight is 510 g/mol. The van der Waals surface area contributed by atoms with Crippen LogP contribution in [0.3, 0.4) is 0 Å². The number of benzene rings is 1. The Labute approximate surface area is 190 Å². The van der Waals surface area contributed by atoms with Crippen molar-refractivity contribution < 1.29 is 9.21 Å². The maximum Gasteiger partial charge on any atom is 0.243 e. The summed E-state index contributed by atoms with van der Waals surface area (Å²) in [6.07, 6.45) is 4.78. The lowest BCUT2D eigenvalue weighted by Gasteiger charge is -2.30. The molecule has 0 fully saturated rings. The molecule has 2 aromatic rings. The van der Waals surface area contributed by atoms with Gasteiger partial charge in [0.15, 0.2) is 5.96 Å². The third kappa shape index (κ3) is 6.22. The number of halogens is 1. The van der Waals surface area contributed by atoms with Gasteiger partial charge in [-0.25, -0.2) is 4.99 Å². The van der Waals surface area contributed by atoms with Crippen molar-refractivity contribution in [1.29, 1.82) is 0 Å². The van der Waals surface area contributed by atoms with Crippen LogP contribution in [0.1, 0.15) is 28.9 Å².